The maximum Gasteiger partial charge on any atom is 0.136 e. The molecule has 4 heteroatoms. The summed E-state index contributed by atoms with van der Waals surface area (Å²) in [4.78, 5) is 13.8. The molecular weight excluding hydrogens is 394 g/mol. The van der Waals surface area contributed by atoms with E-state index in [1.165, 1.54) is 0 Å². The van der Waals surface area contributed by atoms with Gasteiger partial charge in [-0.1, -0.05) is 54.6 Å². The predicted octanol–water partition coefficient (Wildman–Crippen LogP) is 7.08. The molecule has 0 N–H and O–H groups in total. The lowest BCUT2D eigenvalue weighted by molar-refractivity contribution is 0.669. The lowest BCUT2D eigenvalue weighted by Crippen LogP contribution is -1.96. The minimum Gasteiger partial charge on any atom is -0.456 e. The molecule has 32 heavy (non-hydrogen) atoms. The zero-order chi connectivity index (χ0) is 21.5. The van der Waals surface area contributed by atoms with E-state index < -0.39 is 0 Å². The van der Waals surface area contributed by atoms with Crippen LogP contribution in [0.4, 0.5) is 0 Å². The fraction of sp³-hybridized carbons (Fsp3) is 0.0357. The Labute approximate surface area is 185 Å². The van der Waals surface area contributed by atoms with Crippen LogP contribution in [0.3, 0.4) is 0 Å². The maximum atomic E-state index is 6.09. The molecule has 3 aromatic carbocycles. The average molecular weight is 413 g/mol. The lowest BCUT2D eigenvalue weighted by Gasteiger charge is -2.11. The molecule has 0 aliphatic carbocycles. The number of hydrogen-bond donors (Lipinski definition) is 0. The van der Waals surface area contributed by atoms with Crippen molar-refractivity contribution in [2.45, 2.75) is 6.92 Å². The first kappa shape index (κ1) is 18.5. The molecule has 0 radical (unpaired) electrons. The minimum atomic E-state index is 0.725. The molecule has 4 nitrogen and oxygen atoms in total. The fourth-order valence-corrected chi connectivity index (χ4v) is 4.22. The van der Waals surface area contributed by atoms with E-state index in [0.717, 1.165) is 61.4 Å². The van der Waals surface area contributed by atoms with Crippen molar-refractivity contribution in [3.63, 3.8) is 0 Å². The van der Waals surface area contributed by atoms with Gasteiger partial charge in [0.2, 0.25) is 0 Å². The summed E-state index contributed by atoms with van der Waals surface area (Å²) in [7, 11) is 0. The number of pyridine rings is 1. The number of hydrogen-bond acceptors (Lipinski definition) is 4. The van der Waals surface area contributed by atoms with E-state index in [0.29, 0.717) is 0 Å². The van der Waals surface area contributed by atoms with E-state index in [4.69, 9.17) is 14.4 Å². The Hall–Kier alpha value is -4.31. The van der Waals surface area contributed by atoms with Crippen LogP contribution in [0.15, 0.2) is 102 Å². The quantitative estimate of drug-likeness (QED) is 0.311. The van der Waals surface area contributed by atoms with Gasteiger partial charge in [0.05, 0.1) is 11.4 Å². The van der Waals surface area contributed by atoms with Gasteiger partial charge in [0.1, 0.15) is 17.0 Å². The van der Waals surface area contributed by atoms with Crippen molar-refractivity contribution in [3.8, 4) is 33.6 Å². The average Bonchev–Trinajstić information content (AvgIpc) is 3.22. The smallest absolute Gasteiger partial charge is 0.136 e. The predicted molar refractivity (Wildman–Crippen MR) is 128 cm³/mol. The molecule has 152 valence electrons. The summed E-state index contributed by atoms with van der Waals surface area (Å²) >= 11 is 0. The highest BCUT2D eigenvalue weighted by atomic mass is 16.3. The normalized spacial score (nSPS) is 11.3. The standard InChI is InChI=1S/C28H19N3O/c1-18-30-25(19-12-13-24-23-10-4-5-11-27(23)32-28(24)15-19)16-26(31-18)22-9-3-2-8-21(22)20-7-6-14-29-17-20/h2-17H,1H3. The Morgan fingerprint density at radius 3 is 2.28 bits per heavy atom. The number of para-hydroxylation sites is 1. The topological polar surface area (TPSA) is 51.8 Å². The summed E-state index contributed by atoms with van der Waals surface area (Å²) < 4.78 is 6.09. The number of aromatic nitrogens is 3. The van der Waals surface area contributed by atoms with Crippen LogP contribution in [0.2, 0.25) is 0 Å². The van der Waals surface area contributed by atoms with E-state index in [-0.39, 0.29) is 0 Å². The van der Waals surface area contributed by atoms with E-state index in [2.05, 4.69) is 47.4 Å². The lowest BCUT2D eigenvalue weighted by atomic mass is 9.97. The molecule has 0 saturated carbocycles. The van der Waals surface area contributed by atoms with Crippen LogP contribution < -0.4 is 0 Å². The molecule has 0 atom stereocenters. The van der Waals surface area contributed by atoms with Crippen LogP contribution in [0.25, 0.3) is 55.6 Å². The number of fused-ring (bicyclic) bond motifs is 3. The summed E-state index contributed by atoms with van der Waals surface area (Å²) in [5.74, 6) is 0.725. The van der Waals surface area contributed by atoms with Crippen molar-refractivity contribution in [1.82, 2.24) is 15.0 Å². The SMILES string of the molecule is Cc1nc(-c2ccc3c(c2)oc2ccccc23)cc(-c2ccccc2-c2cccnc2)n1. The minimum absolute atomic E-state index is 0.725. The molecule has 3 heterocycles. The van der Waals surface area contributed by atoms with E-state index >= 15 is 0 Å². The van der Waals surface area contributed by atoms with Gasteiger partial charge in [-0.05, 0) is 42.8 Å². The van der Waals surface area contributed by atoms with Gasteiger partial charge in [-0.25, -0.2) is 9.97 Å². The molecule has 0 amide bonds. The highest BCUT2D eigenvalue weighted by Gasteiger charge is 2.13. The largest absolute Gasteiger partial charge is 0.456 e. The first-order valence-electron chi connectivity index (χ1n) is 10.5. The Kier molecular flexibility index (Phi) is 4.29. The summed E-state index contributed by atoms with van der Waals surface area (Å²) in [6.45, 7) is 1.93. The summed E-state index contributed by atoms with van der Waals surface area (Å²) in [6.07, 6.45) is 3.66. The molecule has 0 aliphatic heterocycles. The summed E-state index contributed by atoms with van der Waals surface area (Å²) in [6, 6.07) is 28.7. The van der Waals surface area contributed by atoms with E-state index in [1.54, 1.807) is 6.20 Å². The van der Waals surface area contributed by atoms with Crippen molar-refractivity contribution < 1.29 is 4.42 Å². The van der Waals surface area contributed by atoms with Gasteiger partial charge in [-0.3, -0.25) is 4.98 Å². The number of aryl methyl sites for hydroxylation is 1. The number of benzene rings is 3. The van der Waals surface area contributed by atoms with Gasteiger partial charge in [0.25, 0.3) is 0 Å². The van der Waals surface area contributed by atoms with Crippen molar-refractivity contribution >= 4 is 21.9 Å². The zero-order valence-electron chi connectivity index (χ0n) is 17.5. The third-order valence-corrected chi connectivity index (χ3v) is 5.69. The van der Waals surface area contributed by atoms with Gasteiger partial charge >= 0.3 is 0 Å². The van der Waals surface area contributed by atoms with Crippen molar-refractivity contribution in [1.29, 1.82) is 0 Å². The first-order chi connectivity index (χ1) is 15.8. The highest BCUT2D eigenvalue weighted by molar-refractivity contribution is 6.05. The second-order valence-electron chi connectivity index (χ2n) is 7.78. The zero-order valence-corrected chi connectivity index (χ0v) is 17.5. The first-order valence-corrected chi connectivity index (χ1v) is 10.5. The monoisotopic (exact) mass is 413 g/mol. The second kappa shape index (κ2) is 7.43. The maximum absolute atomic E-state index is 6.09. The van der Waals surface area contributed by atoms with Crippen LogP contribution in [0.5, 0.6) is 0 Å². The molecule has 0 saturated heterocycles. The van der Waals surface area contributed by atoms with Gasteiger partial charge in [-0.2, -0.15) is 0 Å². The number of nitrogens with zero attached hydrogens (tertiary/aromatic N) is 3. The fourth-order valence-electron chi connectivity index (χ4n) is 4.22. The van der Waals surface area contributed by atoms with Crippen molar-refractivity contribution in [2.24, 2.45) is 0 Å². The third kappa shape index (κ3) is 3.13. The Morgan fingerprint density at radius 1 is 0.625 bits per heavy atom. The van der Waals surface area contributed by atoms with Gasteiger partial charge in [0, 0.05) is 39.9 Å². The molecule has 0 unspecified atom stereocenters. The molecule has 0 aliphatic rings. The molecule has 6 aromatic rings. The molecule has 0 spiro atoms. The third-order valence-electron chi connectivity index (χ3n) is 5.69. The van der Waals surface area contributed by atoms with Crippen LogP contribution in [-0.2, 0) is 0 Å². The highest BCUT2D eigenvalue weighted by Crippen LogP contribution is 2.34. The van der Waals surface area contributed by atoms with Crippen LogP contribution >= 0.6 is 0 Å². The van der Waals surface area contributed by atoms with Crippen LogP contribution in [0, 0.1) is 6.92 Å². The second-order valence-corrected chi connectivity index (χ2v) is 7.78. The Bertz CT molecular complexity index is 1590. The van der Waals surface area contributed by atoms with Crippen LogP contribution in [0.1, 0.15) is 5.82 Å². The number of furan rings is 1. The van der Waals surface area contributed by atoms with Crippen LogP contribution in [-0.4, -0.2) is 15.0 Å². The van der Waals surface area contributed by atoms with Gasteiger partial charge in [-0.15, -0.1) is 0 Å². The molecule has 0 bridgehead atoms. The molecule has 0 fully saturated rings. The van der Waals surface area contributed by atoms with Gasteiger partial charge < -0.3 is 4.42 Å². The summed E-state index contributed by atoms with van der Waals surface area (Å²) in [5, 5.41) is 2.23. The number of rotatable bonds is 3. The molecule has 6 rings (SSSR count). The molecular formula is C28H19N3O. The van der Waals surface area contributed by atoms with E-state index in [1.807, 2.05) is 55.6 Å². The van der Waals surface area contributed by atoms with Crippen molar-refractivity contribution in [2.75, 3.05) is 0 Å². The van der Waals surface area contributed by atoms with Crippen molar-refractivity contribution in [3.05, 3.63) is 103 Å². The Morgan fingerprint density at radius 2 is 1.41 bits per heavy atom. The summed E-state index contributed by atoms with van der Waals surface area (Å²) in [5.41, 5.74) is 7.72. The van der Waals surface area contributed by atoms with E-state index in [9.17, 15) is 0 Å². The molecule has 3 aromatic heterocycles. The van der Waals surface area contributed by atoms with Gasteiger partial charge in [0.15, 0.2) is 0 Å². The Balaban J connectivity index is 1.50.